The van der Waals surface area contributed by atoms with E-state index in [2.05, 4.69) is 11.5 Å². The Labute approximate surface area is 184 Å². The summed E-state index contributed by atoms with van der Waals surface area (Å²) in [5.74, 6) is -3.46. The molecule has 12 nitrogen and oxygen atoms in total. The molecule has 14 N–H and O–H groups in total. The molecule has 2 atom stereocenters. The maximum absolute atomic E-state index is 9.63. The zero-order valence-corrected chi connectivity index (χ0v) is 17.4. The van der Waals surface area contributed by atoms with E-state index in [1.807, 2.05) is 24.3 Å². The number of aliphatic hydroxyl groups is 2. The van der Waals surface area contributed by atoms with Gasteiger partial charge in [0.2, 0.25) is 0 Å². The van der Waals surface area contributed by atoms with Crippen LogP contribution in [0.25, 0.3) is 0 Å². The zero-order chi connectivity index (χ0) is 23.1. The molecule has 0 amide bonds. The predicted octanol–water partition coefficient (Wildman–Crippen LogP) is -6.09. The number of carbonyl (C=O) groups excluding carboxylic acids is 2. The molecule has 182 valence electrons. The number of phenolic OH excluding ortho intramolecular Hbond substituents is 2. The number of phenols is 2. The Kier molecular flexibility index (Phi) is 19.3. The van der Waals surface area contributed by atoms with Crippen molar-refractivity contribution in [3.8, 4) is 11.5 Å². The Morgan fingerprint density at radius 2 is 0.938 bits per heavy atom. The molecule has 12 heteroatoms. The number of aromatic hydroxyl groups is 2. The minimum absolute atomic E-state index is 0. The number of hydrogen-bond donors (Lipinski definition) is 6. The third-order valence-electron chi connectivity index (χ3n) is 3.59. The first-order valence-electron chi connectivity index (χ1n) is 9.04. The molecule has 0 radical (unpaired) electrons. The molecule has 2 aromatic carbocycles. The number of quaternary nitrogens is 2. The molecule has 32 heavy (non-hydrogen) atoms. The lowest BCUT2D eigenvalue weighted by Gasteiger charge is -2.18. The van der Waals surface area contributed by atoms with Crippen LogP contribution in [0, 0.1) is 0 Å². The van der Waals surface area contributed by atoms with Gasteiger partial charge in [-0.15, -0.1) is 0 Å². The fourth-order valence-electron chi connectivity index (χ4n) is 1.99. The SMILES string of the molecule is O.O.O=C([O-])[C@H](O)[C@@H](O)C(=O)[O-].[NH3+]CCc1ccc(O)cc1.[NH3+]CCc1ccc(O)cc1. The van der Waals surface area contributed by atoms with E-state index in [1.54, 1.807) is 24.3 Å². The molecule has 2 aromatic rings. The van der Waals surface area contributed by atoms with Gasteiger partial charge in [0.1, 0.15) is 23.7 Å². The van der Waals surface area contributed by atoms with Crippen molar-refractivity contribution in [3.63, 3.8) is 0 Å². The van der Waals surface area contributed by atoms with Gasteiger partial charge in [-0.05, 0) is 35.4 Å². The number of aliphatic carboxylic acids is 2. The maximum atomic E-state index is 9.63. The molecule has 0 saturated carbocycles. The molecule has 0 aliphatic rings. The Bertz CT molecular complexity index is 688. The Balaban J connectivity index is -0.000000382. The highest BCUT2D eigenvalue weighted by molar-refractivity contribution is 5.80. The summed E-state index contributed by atoms with van der Waals surface area (Å²) < 4.78 is 0. The molecule has 2 rings (SSSR count). The quantitative estimate of drug-likeness (QED) is 0.230. The summed E-state index contributed by atoms with van der Waals surface area (Å²) in [7, 11) is 0. The molecule has 0 aromatic heterocycles. The molecular weight excluding hydrogens is 428 g/mol. The van der Waals surface area contributed by atoms with Crippen molar-refractivity contribution in [1.29, 1.82) is 0 Å². The van der Waals surface area contributed by atoms with Gasteiger partial charge in [0.15, 0.2) is 0 Å². The van der Waals surface area contributed by atoms with E-state index in [0.717, 1.165) is 25.9 Å². The largest absolute Gasteiger partial charge is 0.547 e. The van der Waals surface area contributed by atoms with Crippen LogP contribution in [0.4, 0.5) is 0 Å². The summed E-state index contributed by atoms with van der Waals surface area (Å²) in [6.45, 7) is 1.82. The first kappa shape index (κ1) is 33.4. The average Bonchev–Trinajstić information content (AvgIpc) is 2.71. The van der Waals surface area contributed by atoms with Crippen molar-refractivity contribution in [2.24, 2.45) is 0 Å². The summed E-state index contributed by atoms with van der Waals surface area (Å²) in [5, 5.41) is 53.5. The number of carbonyl (C=O) groups is 2. The second kappa shape index (κ2) is 18.5. The molecule has 0 heterocycles. The number of carboxylic acid groups (broad SMARTS) is 2. The molecule has 0 aliphatic carbocycles. The second-order valence-corrected chi connectivity index (χ2v) is 6.07. The first-order chi connectivity index (χ1) is 14.1. The number of hydrogen-bond acceptors (Lipinski definition) is 8. The number of carboxylic acids is 2. The van der Waals surface area contributed by atoms with E-state index in [-0.39, 0.29) is 11.0 Å². The monoisotopic (exact) mass is 460 g/mol. The molecule has 0 saturated heterocycles. The normalized spacial score (nSPS) is 11.0. The van der Waals surface area contributed by atoms with Crippen molar-refractivity contribution in [2.45, 2.75) is 25.0 Å². The maximum Gasteiger partial charge on any atom is 0.124 e. The summed E-state index contributed by atoms with van der Waals surface area (Å²) in [6, 6.07) is 14.5. The highest BCUT2D eigenvalue weighted by atomic mass is 16.4. The third-order valence-corrected chi connectivity index (χ3v) is 3.59. The lowest BCUT2D eigenvalue weighted by molar-refractivity contribution is -0.367. The lowest BCUT2D eigenvalue weighted by atomic mass is 10.1. The average molecular weight is 460 g/mol. The van der Waals surface area contributed by atoms with Crippen LogP contribution in [0.2, 0.25) is 0 Å². The standard InChI is InChI=1S/2C8H11NO.C4H6O6.2H2O/c2*9-6-5-7-1-3-8(10)4-2-7;5-1(3(7)8)2(6)4(9)10;;/h2*1-4,10H,5-6,9H2;1-2,5-6H,(H,7,8)(H,9,10);2*1H2/t;;1-,2-;;/m..1../s1. The Morgan fingerprint density at radius 3 is 1.12 bits per heavy atom. The minimum atomic E-state index is -2.44. The number of benzene rings is 2. The minimum Gasteiger partial charge on any atom is -0.547 e. The van der Waals surface area contributed by atoms with Gasteiger partial charge in [-0.2, -0.15) is 0 Å². The Hall–Kier alpha value is -3.26. The number of aliphatic hydroxyl groups excluding tert-OH is 2. The number of rotatable bonds is 7. The molecule has 0 bridgehead atoms. The molecule has 0 unspecified atom stereocenters. The Morgan fingerprint density at radius 1 is 0.688 bits per heavy atom. The fraction of sp³-hybridized carbons (Fsp3) is 0.300. The van der Waals surface area contributed by atoms with Gasteiger partial charge < -0.3 is 62.6 Å². The van der Waals surface area contributed by atoms with Gasteiger partial charge in [-0.3, -0.25) is 0 Å². The van der Waals surface area contributed by atoms with Crippen molar-refractivity contribution < 1.29 is 62.6 Å². The van der Waals surface area contributed by atoms with Crippen LogP contribution < -0.4 is 21.7 Å². The van der Waals surface area contributed by atoms with E-state index < -0.39 is 24.1 Å². The van der Waals surface area contributed by atoms with E-state index in [1.165, 1.54) is 11.1 Å². The predicted molar refractivity (Wildman–Crippen MR) is 108 cm³/mol. The zero-order valence-electron chi connectivity index (χ0n) is 17.4. The summed E-state index contributed by atoms with van der Waals surface area (Å²) in [6.07, 6.45) is -2.91. The van der Waals surface area contributed by atoms with Crippen LogP contribution in [-0.2, 0) is 22.4 Å². The van der Waals surface area contributed by atoms with Gasteiger partial charge in [-0.1, -0.05) is 24.3 Å². The highest BCUT2D eigenvalue weighted by Gasteiger charge is 2.17. The van der Waals surface area contributed by atoms with E-state index in [4.69, 9.17) is 20.4 Å². The smallest absolute Gasteiger partial charge is 0.124 e. The highest BCUT2D eigenvalue weighted by Crippen LogP contribution is 2.09. The molecule has 0 aliphatic heterocycles. The topological polar surface area (TPSA) is 279 Å². The third kappa shape index (κ3) is 14.7. The van der Waals surface area contributed by atoms with Crippen molar-refractivity contribution in [3.05, 3.63) is 59.7 Å². The van der Waals surface area contributed by atoms with Gasteiger partial charge in [-0.25, -0.2) is 0 Å². The first-order valence-corrected chi connectivity index (χ1v) is 9.04. The van der Waals surface area contributed by atoms with Crippen molar-refractivity contribution >= 4 is 11.9 Å². The fourth-order valence-corrected chi connectivity index (χ4v) is 1.99. The van der Waals surface area contributed by atoms with Crippen molar-refractivity contribution in [2.75, 3.05) is 13.1 Å². The van der Waals surface area contributed by atoms with Crippen LogP contribution in [0.3, 0.4) is 0 Å². The summed E-state index contributed by atoms with van der Waals surface area (Å²) in [4.78, 5) is 19.3. The summed E-state index contributed by atoms with van der Waals surface area (Å²) >= 11 is 0. The van der Waals surface area contributed by atoms with E-state index in [0.29, 0.717) is 11.5 Å². The van der Waals surface area contributed by atoms with Gasteiger partial charge in [0, 0.05) is 12.8 Å². The van der Waals surface area contributed by atoms with Crippen molar-refractivity contribution in [1.82, 2.24) is 0 Å². The van der Waals surface area contributed by atoms with Crippen LogP contribution >= 0.6 is 0 Å². The van der Waals surface area contributed by atoms with Gasteiger partial charge in [0.05, 0.1) is 25.0 Å². The lowest BCUT2D eigenvalue weighted by Crippen LogP contribution is -2.51. The van der Waals surface area contributed by atoms with Gasteiger partial charge in [0.25, 0.3) is 0 Å². The molecular formula is C20H32N2O10. The summed E-state index contributed by atoms with van der Waals surface area (Å²) in [5.41, 5.74) is 9.94. The van der Waals surface area contributed by atoms with Crippen LogP contribution in [-0.4, -0.2) is 68.6 Å². The molecule has 0 fully saturated rings. The van der Waals surface area contributed by atoms with Crippen LogP contribution in [0.5, 0.6) is 11.5 Å². The van der Waals surface area contributed by atoms with E-state index >= 15 is 0 Å². The molecule has 0 spiro atoms. The van der Waals surface area contributed by atoms with E-state index in [9.17, 15) is 19.8 Å². The second-order valence-electron chi connectivity index (χ2n) is 6.07. The van der Waals surface area contributed by atoms with Crippen LogP contribution in [0.1, 0.15) is 11.1 Å². The van der Waals surface area contributed by atoms with Gasteiger partial charge >= 0.3 is 0 Å². The van der Waals surface area contributed by atoms with Crippen LogP contribution in [0.15, 0.2) is 48.5 Å².